The van der Waals surface area contributed by atoms with Gasteiger partial charge in [0.2, 0.25) is 0 Å². The molecule has 0 N–H and O–H groups in total. The molecule has 5 heteroatoms. The summed E-state index contributed by atoms with van der Waals surface area (Å²) in [5.74, 6) is 0.606. The second kappa shape index (κ2) is 6.37. The van der Waals surface area contributed by atoms with Crippen molar-refractivity contribution in [3.8, 4) is 5.75 Å². The van der Waals surface area contributed by atoms with Crippen molar-refractivity contribution < 1.29 is 17.9 Å². The molecular formula is C15H18BrF3O. The van der Waals surface area contributed by atoms with E-state index in [1.54, 1.807) is 6.07 Å². The molecule has 1 aromatic carbocycles. The van der Waals surface area contributed by atoms with Crippen LogP contribution >= 0.6 is 15.9 Å². The fraction of sp³-hybridized carbons (Fsp3) is 0.600. The molecule has 1 nitrogen and oxygen atoms in total. The van der Waals surface area contributed by atoms with Crippen molar-refractivity contribution in [1.29, 1.82) is 0 Å². The van der Waals surface area contributed by atoms with Crippen LogP contribution in [0, 0.1) is 5.92 Å². The van der Waals surface area contributed by atoms with Crippen LogP contribution < -0.4 is 4.74 Å². The maximum atomic E-state index is 13.1. The molecule has 2 rings (SSSR count). The van der Waals surface area contributed by atoms with E-state index >= 15 is 0 Å². The van der Waals surface area contributed by atoms with Gasteiger partial charge in [-0.05, 0) is 49.3 Å². The highest BCUT2D eigenvalue weighted by atomic mass is 79.9. The van der Waals surface area contributed by atoms with E-state index in [2.05, 4.69) is 22.9 Å². The van der Waals surface area contributed by atoms with E-state index in [4.69, 9.17) is 4.74 Å². The molecule has 0 bridgehead atoms. The first-order valence-electron chi connectivity index (χ1n) is 6.83. The van der Waals surface area contributed by atoms with Crippen molar-refractivity contribution in [2.24, 2.45) is 5.92 Å². The molecule has 1 aliphatic carbocycles. The highest BCUT2D eigenvalue weighted by Gasteiger charge is 2.35. The minimum absolute atomic E-state index is 0.0400. The Morgan fingerprint density at radius 2 is 1.85 bits per heavy atom. The highest BCUT2D eigenvalue weighted by Crippen LogP contribution is 2.38. The number of rotatable bonds is 3. The monoisotopic (exact) mass is 350 g/mol. The second-order valence-electron chi connectivity index (χ2n) is 5.46. The first kappa shape index (κ1) is 15.7. The molecule has 1 aromatic rings. The van der Waals surface area contributed by atoms with Crippen LogP contribution in [0.2, 0.25) is 0 Å². The van der Waals surface area contributed by atoms with E-state index in [1.807, 2.05) is 0 Å². The first-order chi connectivity index (χ1) is 9.40. The largest absolute Gasteiger partial charge is 0.490 e. The fourth-order valence-corrected chi connectivity index (χ4v) is 2.86. The third-order valence-corrected chi connectivity index (χ3v) is 4.41. The van der Waals surface area contributed by atoms with E-state index in [9.17, 15) is 13.2 Å². The number of alkyl halides is 4. The molecule has 1 saturated carbocycles. The van der Waals surface area contributed by atoms with Crippen molar-refractivity contribution in [1.82, 2.24) is 0 Å². The molecule has 0 unspecified atom stereocenters. The van der Waals surface area contributed by atoms with Gasteiger partial charge in [0.25, 0.3) is 0 Å². The average Bonchev–Trinajstić information content (AvgIpc) is 2.40. The zero-order valence-corrected chi connectivity index (χ0v) is 12.9. The molecule has 20 heavy (non-hydrogen) atoms. The molecule has 1 aliphatic rings. The maximum absolute atomic E-state index is 13.1. The summed E-state index contributed by atoms with van der Waals surface area (Å²) in [4.78, 5) is 0. The predicted molar refractivity (Wildman–Crippen MR) is 76.1 cm³/mol. The van der Waals surface area contributed by atoms with Gasteiger partial charge in [-0.2, -0.15) is 13.2 Å². The van der Waals surface area contributed by atoms with Crippen LogP contribution in [0.5, 0.6) is 5.75 Å². The number of hydrogen-bond donors (Lipinski definition) is 0. The normalized spacial score (nSPS) is 23.6. The molecule has 0 aliphatic heterocycles. The van der Waals surface area contributed by atoms with Crippen molar-refractivity contribution >= 4 is 15.9 Å². The molecule has 0 atom stereocenters. The first-order valence-corrected chi connectivity index (χ1v) is 7.95. The molecule has 0 saturated heterocycles. The summed E-state index contributed by atoms with van der Waals surface area (Å²) in [5.41, 5.74) is -0.0741. The van der Waals surface area contributed by atoms with Gasteiger partial charge in [-0.15, -0.1) is 0 Å². The summed E-state index contributed by atoms with van der Waals surface area (Å²) in [6.07, 6.45) is -0.772. The van der Waals surface area contributed by atoms with Crippen LogP contribution in [-0.4, -0.2) is 6.10 Å². The molecule has 1 fully saturated rings. The van der Waals surface area contributed by atoms with Crippen LogP contribution in [0.3, 0.4) is 0 Å². The lowest BCUT2D eigenvalue weighted by atomic mass is 9.89. The third-order valence-electron chi connectivity index (χ3n) is 3.76. The van der Waals surface area contributed by atoms with Gasteiger partial charge in [-0.3, -0.25) is 0 Å². The van der Waals surface area contributed by atoms with Crippen molar-refractivity contribution in [2.45, 2.75) is 50.2 Å². The number of halogens is 4. The Bertz CT molecular complexity index is 451. The molecular weight excluding hydrogens is 333 g/mol. The average molecular weight is 351 g/mol. The van der Waals surface area contributed by atoms with Crippen LogP contribution in [0.4, 0.5) is 13.2 Å². The van der Waals surface area contributed by atoms with Gasteiger partial charge in [0.15, 0.2) is 0 Å². The summed E-state index contributed by atoms with van der Waals surface area (Å²) in [7, 11) is 0. The standard InChI is InChI=1S/C15H18BrF3O/c1-10-2-5-12(6-3-10)20-14-7-4-11(9-16)8-13(14)15(17,18)19/h4,7-8,10,12H,2-3,5-6,9H2,1H3. The Hall–Kier alpha value is -0.710. The van der Waals surface area contributed by atoms with E-state index in [-0.39, 0.29) is 11.9 Å². The smallest absolute Gasteiger partial charge is 0.419 e. The Morgan fingerprint density at radius 1 is 1.20 bits per heavy atom. The molecule has 112 valence electrons. The topological polar surface area (TPSA) is 9.23 Å². The SMILES string of the molecule is CC1CCC(Oc2ccc(CBr)cc2C(F)(F)F)CC1. The van der Waals surface area contributed by atoms with Gasteiger partial charge in [-0.1, -0.05) is 28.9 Å². The lowest BCUT2D eigenvalue weighted by Gasteiger charge is -2.28. The highest BCUT2D eigenvalue weighted by molar-refractivity contribution is 9.08. The predicted octanol–water partition coefficient (Wildman–Crippen LogP) is 5.56. The van der Waals surface area contributed by atoms with E-state index in [0.717, 1.165) is 31.7 Å². The van der Waals surface area contributed by atoms with Gasteiger partial charge < -0.3 is 4.74 Å². The summed E-state index contributed by atoms with van der Waals surface area (Å²) >= 11 is 3.18. The lowest BCUT2D eigenvalue weighted by Crippen LogP contribution is -2.24. The Balaban J connectivity index is 2.18. The molecule has 0 spiro atoms. The minimum atomic E-state index is -4.38. The zero-order valence-electron chi connectivity index (χ0n) is 11.3. The van der Waals surface area contributed by atoms with Gasteiger partial charge >= 0.3 is 6.18 Å². The maximum Gasteiger partial charge on any atom is 0.419 e. The summed E-state index contributed by atoms with van der Waals surface area (Å²) in [6, 6.07) is 4.28. The van der Waals surface area contributed by atoms with Crippen LogP contribution in [-0.2, 0) is 11.5 Å². The molecule has 0 heterocycles. The summed E-state index contributed by atoms with van der Waals surface area (Å²) in [6.45, 7) is 2.17. The summed E-state index contributed by atoms with van der Waals surface area (Å²) in [5, 5.41) is 0.400. The van der Waals surface area contributed by atoms with Gasteiger partial charge in [0, 0.05) is 5.33 Å². The van der Waals surface area contributed by atoms with E-state index in [0.29, 0.717) is 16.8 Å². The number of ether oxygens (including phenoxy) is 1. The summed E-state index contributed by atoms with van der Waals surface area (Å²) < 4.78 is 44.9. The third kappa shape index (κ3) is 3.90. The quantitative estimate of drug-likeness (QED) is 0.648. The Morgan fingerprint density at radius 3 is 2.40 bits per heavy atom. The van der Waals surface area contributed by atoms with Crippen LogP contribution in [0.25, 0.3) is 0 Å². The van der Waals surface area contributed by atoms with Crippen LogP contribution in [0.1, 0.15) is 43.7 Å². The van der Waals surface area contributed by atoms with Crippen molar-refractivity contribution in [3.05, 3.63) is 29.3 Å². The Labute approximate surface area is 125 Å². The fourth-order valence-electron chi connectivity index (χ4n) is 2.51. The van der Waals surface area contributed by atoms with E-state index < -0.39 is 11.7 Å². The van der Waals surface area contributed by atoms with Gasteiger partial charge in [0.1, 0.15) is 5.75 Å². The Kier molecular flexibility index (Phi) is 4.99. The zero-order chi connectivity index (χ0) is 14.8. The lowest BCUT2D eigenvalue weighted by molar-refractivity contribution is -0.139. The van der Waals surface area contributed by atoms with Crippen molar-refractivity contribution in [3.63, 3.8) is 0 Å². The minimum Gasteiger partial charge on any atom is -0.490 e. The second-order valence-corrected chi connectivity index (χ2v) is 6.02. The van der Waals surface area contributed by atoms with Crippen molar-refractivity contribution in [2.75, 3.05) is 0 Å². The molecule has 0 amide bonds. The molecule has 0 aromatic heterocycles. The van der Waals surface area contributed by atoms with Crippen LogP contribution in [0.15, 0.2) is 18.2 Å². The number of hydrogen-bond acceptors (Lipinski definition) is 1. The molecule has 0 radical (unpaired) electrons. The van der Waals surface area contributed by atoms with E-state index in [1.165, 1.54) is 6.07 Å². The number of benzene rings is 1. The van der Waals surface area contributed by atoms with Gasteiger partial charge in [-0.25, -0.2) is 0 Å². The van der Waals surface area contributed by atoms with Gasteiger partial charge in [0.05, 0.1) is 11.7 Å².